The number of hydrogen-bond acceptors (Lipinski definition) is 8. The van der Waals surface area contributed by atoms with Gasteiger partial charge < -0.3 is 15.1 Å². The van der Waals surface area contributed by atoms with Crippen LogP contribution in [0.15, 0.2) is 11.4 Å². The zero-order valence-corrected chi connectivity index (χ0v) is 13.3. The minimum atomic E-state index is 0.364. The molecule has 0 radical (unpaired) electrons. The molecule has 8 heteroatoms. The number of nitrogens with zero attached hydrogens (tertiary/aromatic N) is 4. The molecule has 0 bridgehead atoms. The third-order valence-electron chi connectivity index (χ3n) is 2.80. The summed E-state index contributed by atoms with van der Waals surface area (Å²) in [5, 5.41) is 3.11. The molecule has 0 atom stereocenters. The second-order valence-electron chi connectivity index (χ2n) is 4.52. The van der Waals surface area contributed by atoms with Crippen molar-refractivity contribution in [3.63, 3.8) is 0 Å². The SMILES string of the molecule is CCOCc1nc(NN)cc(N(C)Cc2csc(C)n2)n1. The number of nitrogens with two attached hydrogens (primary N) is 1. The van der Waals surface area contributed by atoms with E-state index in [9.17, 15) is 0 Å². The first-order chi connectivity index (χ1) is 10.1. The van der Waals surface area contributed by atoms with E-state index in [1.165, 1.54) is 0 Å². The summed E-state index contributed by atoms with van der Waals surface area (Å²) in [5.41, 5.74) is 3.58. The molecule has 0 aliphatic heterocycles. The smallest absolute Gasteiger partial charge is 0.158 e. The Bertz CT molecular complexity index is 588. The number of nitrogens with one attached hydrogen (secondary N) is 1. The molecule has 0 saturated carbocycles. The number of ether oxygens (including phenoxy) is 1. The van der Waals surface area contributed by atoms with Gasteiger partial charge in [0, 0.05) is 25.1 Å². The van der Waals surface area contributed by atoms with E-state index in [1.54, 1.807) is 17.4 Å². The van der Waals surface area contributed by atoms with Crippen LogP contribution in [-0.4, -0.2) is 28.6 Å². The van der Waals surface area contributed by atoms with Gasteiger partial charge in [0.2, 0.25) is 0 Å². The molecule has 2 rings (SSSR count). The molecule has 0 spiro atoms. The maximum atomic E-state index is 5.46. The van der Waals surface area contributed by atoms with E-state index in [4.69, 9.17) is 10.6 Å². The van der Waals surface area contributed by atoms with Crippen molar-refractivity contribution in [2.45, 2.75) is 27.0 Å². The number of anilines is 2. The lowest BCUT2D eigenvalue weighted by molar-refractivity contribution is 0.128. The number of hydrazine groups is 1. The number of nitrogen functional groups attached to an aromatic ring is 1. The average Bonchev–Trinajstić information content (AvgIpc) is 2.89. The van der Waals surface area contributed by atoms with Crippen molar-refractivity contribution in [1.29, 1.82) is 0 Å². The monoisotopic (exact) mass is 308 g/mol. The number of aryl methyl sites for hydroxylation is 1. The zero-order chi connectivity index (χ0) is 15.2. The van der Waals surface area contributed by atoms with Gasteiger partial charge in [-0.25, -0.2) is 20.8 Å². The maximum Gasteiger partial charge on any atom is 0.158 e. The molecule has 2 aromatic heterocycles. The standard InChI is InChI=1S/C13H20N6OS/c1-4-20-7-12-16-11(18-14)5-13(17-12)19(3)6-10-8-21-9(2)15-10/h5,8H,4,6-7,14H2,1-3H3,(H,16,17,18). The number of rotatable bonds is 7. The summed E-state index contributed by atoms with van der Waals surface area (Å²) in [5.74, 6) is 7.40. The van der Waals surface area contributed by atoms with Crippen LogP contribution in [0.2, 0.25) is 0 Å². The molecule has 0 saturated heterocycles. The van der Waals surface area contributed by atoms with E-state index < -0.39 is 0 Å². The van der Waals surface area contributed by atoms with Crippen LogP contribution < -0.4 is 16.2 Å². The molecule has 2 heterocycles. The molecule has 0 amide bonds. The van der Waals surface area contributed by atoms with E-state index in [0.29, 0.717) is 31.4 Å². The summed E-state index contributed by atoms with van der Waals surface area (Å²) < 4.78 is 5.35. The summed E-state index contributed by atoms with van der Waals surface area (Å²) in [6.07, 6.45) is 0. The van der Waals surface area contributed by atoms with E-state index in [0.717, 1.165) is 16.5 Å². The van der Waals surface area contributed by atoms with Gasteiger partial charge in [-0.15, -0.1) is 11.3 Å². The quantitative estimate of drug-likeness (QED) is 0.594. The first-order valence-corrected chi connectivity index (χ1v) is 7.54. The normalized spacial score (nSPS) is 10.7. The van der Waals surface area contributed by atoms with Gasteiger partial charge in [-0.05, 0) is 13.8 Å². The van der Waals surface area contributed by atoms with Crippen LogP contribution in [0.5, 0.6) is 0 Å². The van der Waals surface area contributed by atoms with Crippen LogP contribution in [0.25, 0.3) is 0 Å². The molecule has 0 aliphatic rings. The number of hydrogen-bond donors (Lipinski definition) is 2. The second kappa shape index (κ2) is 7.30. The van der Waals surface area contributed by atoms with Gasteiger partial charge >= 0.3 is 0 Å². The molecule has 3 N–H and O–H groups in total. The summed E-state index contributed by atoms with van der Waals surface area (Å²) in [7, 11) is 1.96. The van der Waals surface area contributed by atoms with Crippen molar-refractivity contribution in [3.05, 3.63) is 28.0 Å². The molecule has 0 aromatic carbocycles. The largest absolute Gasteiger partial charge is 0.374 e. The maximum absolute atomic E-state index is 5.46. The van der Waals surface area contributed by atoms with Gasteiger partial charge in [-0.3, -0.25) is 0 Å². The fourth-order valence-corrected chi connectivity index (χ4v) is 2.42. The highest BCUT2D eigenvalue weighted by atomic mass is 32.1. The topological polar surface area (TPSA) is 89.2 Å². The number of thiazole rings is 1. The predicted molar refractivity (Wildman–Crippen MR) is 84.1 cm³/mol. The summed E-state index contributed by atoms with van der Waals surface area (Å²) >= 11 is 1.64. The van der Waals surface area contributed by atoms with Crippen LogP contribution in [0.3, 0.4) is 0 Å². The van der Waals surface area contributed by atoms with Gasteiger partial charge in [0.25, 0.3) is 0 Å². The lowest BCUT2D eigenvalue weighted by Crippen LogP contribution is -2.20. The number of aromatic nitrogens is 3. The minimum Gasteiger partial charge on any atom is -0.374 e. The Morgan fingerprint density at radius 3 is 2.81 bits per heavy atom. The fourth-order valence-electron chi connectivity index (χ4n) is 1.82. The van der Waals surface area contributed by atoms with Crippen LogP contribution in [0, 0.1) is 6.92 Å². The highest BCUT2D eigenvalue weighted by molar-refractivity contribution is 7.09. The van der Waals surface area contributed by atoms with Crippen molar-refractivity contribution < 1.29 is 4.74 Å². The van der Waals surface area contributed by atoms with Crippen LogP contribution in [0.4, 0.5) is 11.6 Å². The van der Waals surface area contributed by atoms with Crippen LogP contribution in [-0.2, 0) is 17.9 Å². The van der Waals surface area contributed by atoms with Crippen LogP contribution >= 0.6 is 11.3 Å². The highest BCUT2D eigenvalue weighted by Gasteiger charge is 2.10. The zero-order valence-electron chi connectivity index (χ0n) is 12.5. The Labute approximate surface area is 128 Å². The van der Waals surface area contributed by atoms with E-state index in [-0.39, 0.29) is 0 Å². The summed E-state index contributed by atoms with van der Waals surface area (Å²) in [4.78, 5) is 15.2. The van der Waals surface area contributed by atoms with E-state index in [2.05, 4.69) is 25.8 Å². The minimum absolute atomic E-state index is 0.364. The van der Waals surface area contributed by atoms with Gasteiger partial charge in [-0.1, -0.05) is 0 Å². The Hall–Kier alpha value is -1.77. The fraction of sp³-hybridized carbons (Fsp3) is 0.462. The van der Waals surface area contributed by atoms with Gasteiger partial charge in [0.05, 0.1) is 17.2 Å². The van der Waals surface area contributed by atoms with Crippen molar-refractivity contribution in [1.82, 2.24) is 15.0 Å². The molecular formula is C13H20N6OS. The van der Waals surface area contributed by atoms with Gasteiger partial charge in [-0.2, -0.15) is 0 Å². The van der Waals surface area contributed by atoms with Crippen molar-refractivity contribution in [2.24, 2.45) is 5.84 Å². The molecule has 7 nitrogen and oxygen atoms in total. The Balaban J connectivity index is 2.16. The van der Waals surface area contributed by atoms with E-state index in [1.807, 2.05) is 25.8 Å². The lowest BCUT2D eigenvalue weighted by atomic mass is 10.4. The summed E-state index contributed by atoms with van der Waals surface area (Å²) in [6, 6.07) is 1.80. The average molecular weight is 308 g/mol. The van der Waals surface area contributed by atoms with Crippen molar-refractivity contribution in [3.8, 4) is 0 Å². The Morgan fingerprint density at radius 2 is 2.19 bits per heavy atom. The first-order valence-electron chi connectivity index (χ1n) is 6.66. The van der Waals surface area contributed by atoms with Crippen molar-refractivity contribution >= 4 is 23.0 Å². The molecule has 21 heavy (non-hydrogen) atoms. The molecule has 0 fully saturated rings. The van der Waals surface area contributed by atoms with Gasteiger partial charge in [0.15, 0.2) is 5.82 Å². The van der Waals surface area contributed by atoms with E-state index >= 15 is 0 Å². The third kappa shape index (κ3) is 4.35. The first kappa shape index (κ1) is 15.6. The molecular weight excluding hydrogens is 288 g/mol. The third-order valence-corrected chi connectivity index (χ3v) is 3.62. The Kier molecular flexibility index (Phi) is 5.43. The predicted octanol–water partition coefficient (Wildman–Crippen LogP) is 1.70. The Morgan fingerprint density at radius 1 is 1.38 bits per heavy atom. The molecule has 0 unspecified atom stereocenters. The molecule has 2 aromatic rings. The van der Waals surface area contributed by atoms with Crippen LogP contribution in [0.1, 0.15) is 23.4 Å². The lowest BCUT2D eigenvalue weighted by Gasteiger charge is -2.18. The molecule has 114 valence electrons. The second-order valence-corrected chi connectivity index (χ2v) is 5.59. The van der Waals surface area contributed by atoms with Gasteiger partial charge in [0.1, 0.15) is 18.2 Å². The summed E-state index contributed by atoms with van der Waals surface area (Å²) in [6.45, 7) is 5.59. The molecule has 0 aliphatic carbocycles. The van der Waals surface area contributed by atoms with Crippen molar-refractivity contribution in [2.75, 3.05) is 24.0 Å². The highest BCUT2D eigenvalue weighted by Crippen LogP contribution is 2.18.